The quantitative estimate of drug-likeness (QED) is 0.473. The van der Waals surface area contributed by atoms with Crippen LogP contribution in [0.15, 0.2) is 0 Å². The van der Waals surface area contributed by atoms with E-state index in [0.29, 0.717) is 0 Å². The van der Waals surface area contributed by atoms with Crippen LogP contribution in [0.1, 0.15) is 40.0 Å². The SMILES string of the molecule is C#CC(C)NCCCCC(C)C. The molecule has 0 radical (unpaired) electrons. The van der Waals surface area contributed by atoms with Crippen molar-refractivity contribution < 1.29 is 0 Å². The van der Waals surface area contributed by atoms with Crippen LogP contribution in [0.25, 0.3) is 0 Å². The molecular formula is C11H21N. The van der Waals surface area contributed by atoms with Crippen LogP contribution < -0.4 is 5.32 Å². The molecule has 0 rings (SSSR count). The van der Waals surface area contributed by atoms with Gasteiger partial charge in [-0.15, -0.1) is 6.42 Å². The van der Waals surface area contributed by atoms with Crippen LogP contribution >= 0.6 is 0 Å². The van der Waals surface area contributed by atoms with Crippen LogP contribution in [0.2, 0.25) is 0 Å². The van der Waals surface area contributed by atoms with Crippen molar-refractivity contribution >= 4 is 0 Å². The van der Waals surface area contributed by atoms with Crippen molar-refractivity contribution in [2.24, 2.45) is 5.92 Å². The molecule has 0 aromatic rings. The second kappa shape index (κ2) is 7.18. The molecule has 0 aliphatic carbocycles. The lowest BCUT2D eigenvalue weighted by Gasteiger charge is -2.07. The van der Waals surface area contributed by atoms with Gasteiger partial charge in [-0.1, -0.05) is 32.6 Å². The normalized spacial score (nSPS) is 12.9. The van der Waals surface area contributed by atoms with Crippen LogP contribution in [-0.2, 0) is 0 Å². The number of terminal acetylenes is 1. The van der Waals surface area contributed by atoms with Crippen LogP contribution in [0.4, 0.5) is 0 Å². The molecular weight excluding hydrogens is 146 g/mol. The molecule has 1 N–H and O–H groups in total. The molecule has 70 valence electrons. The Kier molecular flexibility index (Phi) is 6.90. The predicted octanol–water partition coefficient (Wildman–Crippen LogP) is 2.42. The number of hydrogen-bond donors (Lipinski definition) is 1. The zero-order chi connectivity index (χ0) is 9.40. The lowest BCUT2D eigenvalue weighted by molar-refractivity contribution is 0.515. The van der Waals surface area contributed by atoms with Gasteiger partial charge in [0.25, 0.3) is 0 Å². The van der Waals surface area contributed by atoms with Crippen molar-refractivity contribution in [3.05, 3.63) is 0 Å². The number of hydrogen-bond acceptors (Lipinski definition) is 1. The van der Waals surface area contributed by atoms with Gasteiger partial charge in [-0.25, -0.2) is 0 Å². The van der Waals surface area contributed by atoms with E-state index in [2.05, 4.69) is 25.1 Å². The average molecular weight is 167 g/mol. The minimum Gasteiger partial charge on any atom is -0.304 e. The van der Waals surface area contributed by atoms with Crippen molar-refractivity contribution in [1.82, 2.24) is 5.32 Å². The Hall–Kier alpha value is -0.480. The second-order valence-electron chi connectivity index (χ2n) is 3.73. The summed E-state index contributed by atoms with van der Waals surface area (Å²) in [7, 11) is 0. The van der Waals surface area contributed by atoms with E-state index >= 15 is 0 Å². The Balaban J connectivity index is 3.07. The van der Waals surface area contributed by atoms with Gasteiger partial charge in [0.1, 0.15) is 0 Å². The highest BCUT2D eigenvalue weighted by atomic mass is 14.9. The van der Waals surface area contributed by atoms with Crippen molar-refractivity contribution in [2.75, 3.05) is 6.54 Å². The van der Waals surface area contributed by atoms with Gasteiger partial charge < -0.3 is 5.32 Å². The van der Waals surface area contributed by atoms with Crippen LogP contribution in [0, 0.1) is 18.3 Å². The smallest absolute Gasteiger partial charge is 0.0658 e. The molecule has 0 saturated carbocycles. The van der Waals surface area contributed by atoms with Gasteiger partial charge in [0.05, 0.1) is 6.04 Å². The lowest BCUT2D eigenvalue weighted by atomic mass is 10.1. The number of nitrogens with one attached hydrogen (secondary N) is 1. The molecule has 0 aromatic carbocycles. The van der Waals surface area contributed by atoms with Gasteiger partial charge in [0.15, 0.2) is 0 Å². The summed E-state index contributed by atoms with van der Waals surface area (Å²) in [6, 6.07) is 0.226. The summed E-state index contributed by atoms with van der Waals surface area (Å²) in [5.74, 6) is 3.48. The van der Waals surface area contributed by atoms with Gasteiger partial charge in [0.2, 0.25) is 0 Å². The average Bonchev–Trinajstić information content (AvgIpc) is 2.03. The van der Waals surface area contributed by atoms with E-state index in [4.69, 9.17) is 6.42 Å². The lowest BCUT2D eigenvalue weighted by Crippen LogP contribution is -2.25. The van der Waals surface area contributed by atoms with Crippen LogP contribution in [0.5, 0.6) is 0 Å². The third kappa shape index (κ3) is 7.63. The summed E-state index contributed by atoms with van der Waals surface area (Å²) >= 11 is 0. The zero-order valence-electron chi connectivity index (χ0n) is 8.56. The molecule has 1 nitrogen and oxygen atoms in total. The van der Waals surface area contributed by atoms with E-state index in [9.17, 15) is 0 Å². The number of unbranched alkanes of at least 4 members (excludes halogenated alkanes) is 1. The van der Waals surface area contributed by atoms with Gasteiger partial charge >= 0.3 is 0 Å². The Morgan fingerprint density at radius 2 is 1.92 bits per heavy atom. The fourth-order valence-electron chi connectivity index (χ4n) is 1.06. The first-order valence-electron chi connectivity index (χ1n) is 4.86. The summed E-state index contributed by atoms with van der Waals surface area (Å²) in [5.41, 5.74) is 0. The highest BCUT2D eigenvalue weighted by Gasteiger charge is 1.96. The molecule has 0 aliphatic heterocycles. The summed E-state index contributed by atoms with van der Waals surface area (Å²) < 4.78 is 0. The van der Waals surface area contributed by atoms with Crippen LogP contribution in [-0.4, -0.2) is 12.6 Å². The Bertz CT molecular complexity index is 132. The summed E-state index contributed by atoms with van der Waals surface area (Å²) in [6.45, 7) is 7.59. The fraction of sp³-hybridized carbons (Fsp3) is 0.818. The first-order valence-corrected chi connectivity index (χ1v) is 4.86. The molecule has 1 heteroatoms. The molecule has 0 fully saturated rings. The fourth-order valence-corrected chi connectivity index (χ4v) is 1.06. The van der Waals surface area contributed by atoms with Crippen LogP contribution in [0.3, 0.4) is 0 Å². The summed E-state index contributed by atoms with van der Waals surface area (Å²) in [6.07, 6.45) is 9.10. The summed E-state index contributed by atoms with van der Waals surface area (Å²) in [5, 5.41) is 3.27. The third-order valence-corrected chi connectivity index (χ3v) is 1.91. The summed E-state index contributed by atoms with van der Waals surface area (Å²) in [4.78, 5) is 0. The molecule has 0 aliphatic rings. The monoisotopic (exact) mass is 167 g/mol. The second-order valence-corrected chi connectivity index (χ2v) is 3.73. The van der Waals surface area contributed by atoms with E-state index in [1.807, 2.05) is 6.92 Å². The van der Waals surface area contributed by atoms with E-state index in [1.54, 1.807) is 0 Å². The largest absolute Gasteiger partial charge is 0.304 e. The van der Waals surface area contributed by atoms with E-state index in [0.717, 1.165) is 12.5 Å². The highest BCUT2D eigenvalue weighted by molar-refractivity contribution is 4.95. The highest BCUT2D eigenvalue weighted by Crippen LogP contribution is 2.04. The van der Waals surface area contributed by atoms with E-state index in [1.165, 1.54) is 19.3 Å². The zero-order valence-corrected chi connectivity index (χ0v) is 8.56. The Morgan fingerprint density at radius 1 is 1.25 bits per heavy atom. The first kappa shape index (κ1) is 11.5. The number of rotatable bonds is 6. The Labute approximate surface area is 76.9 Å². The molecule has 0 spiro atoms. The molecule has 0 heterocycles. The molecule has 12 heavy (non-hydrogen) atoms. The standard InChI is InChI=1S/C11H21N/c1-5-11(4)12-9-7-6-8-10(2)3/h1,10-12H,6-9H2,2-4H3. The van der Waals surface area contributed by atoms with Crippen molar-refractivity contribution in [1.29, 1.82) is 0 Å². The molecule has 0 bridgehead atoms. The first-order chi connectivity index (χ1) is 5.66. The minimum absolute atomic E-state index is 0.226. The predicted molar refractivity (Wildman–Crippen MR) is 55.0 cm³/mol. The molecule has 0 aromatic heterocycles. The maximum atomic E-state index is 5.22. The molecule has 1 atom stereocenters. The van der Waals surface area contributed by atoms with Crippen molar-refractivity contribution in [2.45, 2.75) is 46.1 Å². The van der Waals surface area contributed by atoms with E-state index in [-0.39, 0.29) is 6.04 Å². The van der Waals surface area contributed by atoms with Crippen molar-refractivity contribution in [3.63, 3.8) is 0 Å². The molecule has 0 saturated heterocycles. The molecule has 0 amide bonds. The van der Waals surface area contributed by atoms with Crippen molar-refractivity contribution in [3.8, 4) is 12.3 Å². The van der Waals surface area contributed by atoms with E-state index < -0.39 is 0 Å². The van der Waals surface area contributed by atoms with Gasteiger partial charge in [-0.05, 0) is 25.8 Å². The maximum absolute atomic E-state index is 5.22. The Morgan fingerprint density at radius 3 is 2.42 bits per heavy atom. The molecule has 1 unspecified atom stereocenters. The van der Waals surface area contributed by atoms with Gasteiger partial charge in [-0.3, -0.25) is 0 Å². The van der Waals surface area contributed by atoms with Gasteiger partial charge in [0, 0.05) is 0 Å². The maximum Gasteiger partial charge on any atom is 0.0658 e. The topological polar surface area (TPSA) is 12.0 Å². The van der Waals surface area contributed by atoms with Gasteiger partial charge in [-0.2, -0.15) is 0 Å². The minimum atomic E-state index is 0.226. The third-order valence-electron chi connectivity index (χ3n) is 1.91.